The number of tetrazole rings is 1. The smallest absolute Gasteiger partial charge is 0.253 e. The van der Waals surface area contributed by atoms with Gasteiger partial charge in [0.15, 0.2) is 5.82 Å². The van der Waals surface area contributed by atoms with Crippen LogP contribution < -0.4 is 15.2 Å². The topological polar surface area (TPSA) is 101 Å². The van der Waals surface area contributed by atoms with Gasteiger partial charge in [-0.2, -0.15) is 0 Å². The number of ether oxygens (including phenoxy) is 2. The summed E-state index contributed by atoms with van der Waals surface area (Å²) in [4.78, 5) is 20.8. The lowest BCUT2D eigenvalue weighted by Gasteiger charge is -2.39. The highest BCUT2D eigenvalue weighted by Crippen LogP contribution is 2.29. The molecule has 1 atom stereocenters. The average Bonchev–Trinajstić information content (AvgIpc) is 3.36. The summed E-state index contributed by atoms with van der Waals surface area (Å²) in [5.41, 5.74) is 2.02. The van der Waals surface area contributed by atoms with Gasteiger partial charge in [-0.05, 0) is 58.3 Å². The maximum Gasteiger partial charge on any atom is 0.253 e. The molecule has 0 aliphatic carbocycles. The second-order valence-corrected chi connectivity index (χ2v) is 8.66. The Balaban J connectivity index is 1.50. The highest BCUT2D eigenvalue weighted by atomic mass is 19.1. The first-order chi connectivity index (χ1) is 17.6. The van der Waals surface area contributed by atoms with Gasteiger partial charge in [0, 0.05) is 50.6 Å². The number of piperazine rings is 1. The fourth-order valence-electron chi connectivity index (χ4n) is 4.66. The second-order valence-electron chi connectivity index (χ2n) is 8.66. The number of pyridine rings is 1. The van der Waals surface area contributed by atoms with Gasteiger partial charge in [-0.1, -0.05) is 0 Å². The minimum absolute atomic E-state index is 0.206. The lowest BCUT2D eigenvalue weighted by Crippen LogP contribution is -2.49. The van der Waals surface area contributed by atoms with Crippen LogP contribution in [0.2, 0.25) is 0 Å². The summed E-state index contributed by atoms with van der Waals surface area (Å²) >= 11 is 0. The lowest BCUT2D eigenvalue weighted by atomic mass is 10.0. The van der Waals surface area contributed by atoms with Gasteiger partial charge in [0.05, 0.1) is 25.8 Å². The molecule has 2 aromatic carbocycles. The Morgan fingerprint density at radius 1 is 1.06 bits per heavy atom. The third-order valence-electron chi connectivity index (χ3n) is 6.56. The van der Waals surface area contributed by atoms with Crippen molar-refractivity contribution in [2.45, 2.75) is 12.6 Å². The van der Waals surface area contributed by atoms with Gasteiger partial charge in [-0.3, -0.25) is 9.69 Å². The van der Waals surface area contributed by atoms with Crippen molar-refractivity contribution >= 4 is 16.6 Å². The lowest BCUT2D eigenvalue weighted by molar-refractivity contribution is 0.171. The van der Waals surface area contributed by atoms with Gasteiger partial charge >= 0.3 is 0 Å². The van der Waals surface area contributed by atoms with Crippen LogP contribution in [0.15, 0.2) is 53.3 Å². The number of hydrogen-bond acceptors (Lipinski definition) is 8. The van der Waals surface area contributed by atoms with Gasteiger partial charge in [0.25, 0.3) is 5.56 Å². The first kappa shape index (κ1) is 23.9. The molecule has 0 bridgehead atoms. The Morgan fingerprint density at radius 2 is 1.83 bits per heavy atom. The third-order valence-corrected chi connectivity index (χ3v) is 6.56. The van der Waals surface area contributed by atoms with Crippen molar-refractivity contribution in [3.63, 3.8) is 0 Å². The summed E-state index contributed by atoms with van der Waals surface area (Å²) in [5.74, 6) is 0.997. The first-order valence-corrected chi connectivity index (χ1v) is 11.8. The number of nitrogens with zero attached hydrogens (tertiary/aromatic N) is 6. The molecule has 10 nitrogen and oxygen atoms in total. The van der Waals surface area contributed by atoms with Crippen LogP contribution in [0, 0.1) is 5.82 Å². The molecule has 0 saturated carbocycles. The summed E-state index contributed by atoms with van der Waals surface area (Å²) in [6, 6.07) is 13.6. The summed E-state index contributed by atoms with van der Waals surface area (Å²) in [5, 5.41) is 13.3. The first-order valence-electron chi connectivity index (χ1n) is 11.8. The zero-order chi connectivity index (χ0) is 25.1. The predicted molar refractivity (Wildman–Crippen MR) is 133 cm³/mol. The van der Waals surface area contributed by atoms with E-state index in [1.54, 1.807) is 37.1 Å². The molecule has 1 fully saturated rings. The molecular formula is C25H28FN7O3. The summed E-state index contributed by atoms with van der Waals surface area (Å²) in [6.07, 6.45) is 0. The molecule has 0 radical (unpaired) electrons. The van der Waals surface area contributed by atoms with E-state index in [9.17, 15) is 9.18 Å². The van der Waals surface area contributed by atoms with E-state index in [0.29, 0.717) is 62.0 Å². The fraction of sp³-hybridized carbons (Fsp3) is 0.360. The molecule has 36 heavy (non-hydrogen) atoms. The van der Waals surface area contributed by atoms with Gasteiger partial charge in [0.1, 0.15) is 17.6 Å². The van der Waals surface area contributed by atoms with Crippen molar-refractivity contribution in [1.82, 2.24) is 30.1 Å². The Hall–Kier alpha value is -3.83. The zero-order valence-corrected chi connectivity index (χ0v) is 20.2. The van der Waals surface area contributed by atoms with Crippen LogP contribution in [-0.2, 0) is 11.3 Å². The number of rotatable bonds is 8. The number of nitrogens with one attached hydrogen (secondary N) is 1. The van der Waals surface area contributed by atoms with Gasteiger partial charge in [-0.25, -0.2) is 9.07 Å². The Bertz CT molecular complexity index is 1380. The van der Waals surface area contributed by atoms with Crippen LogP contribution >= 0.6 is 0 Å². The number of hydrogen-bond donors (Lipinski definition) is 1. The van der Waals surface area contributed by atoms with Crippen molar-refractivity contribution in [2.75, 3.05) is 51.9 Å². The number of halogens is 1. The molecular weight excluding hydrogens is 465 g/mol. The maximum absolute atomic E-state index is 13.4. The molecule has 1 saturated heterocycles. The Labute approximate surface area is 207 Å². The van der Waals surface area contributed by atoms with Crippen molar-refractivity contribution in [3.05, 3.63) is 76.1 Å². The van der Waals surface area contributed by atoms with E-state index >= 15 is 0 Å². The number of methoxy groups -OCH3 is 2. The fourth-order valence-corrected chi connectivity index (χ4v) is 4.66. The van der Waals surface area contributed by atoms with Crippen LogP contribution in [0.25, 0.3) is 10.9 Å². The zero-order valence-electron chi connectivity index (χ0n) is 20.2. The van der Waals surface area contributed by atoms with E-state index in [1.165, 1.54) is 12.1 Å². The molecule has 2 aromatic heterocycles. The highest BCUT2D eigenvalue weighted by Gasteiger charge is 2.32. The molecule has 1 aliphatic rings. The minimum atomic E-state index is -0.456. The minimum Gasteiger partial charge on any atom is -0.497 e. The molecule has 188 valence electrons. The van der Waals surface area contributed by atoms with Crippen molar-refractivity contribution in [3.8, 4) is 5.75 Å². The van der Waals surface area contributed by atoms with Crippen molar-refractivity contribution < 1.29 is 13.9 Å². The largest absolute Gasteiger partial charge is 0.497 e. The predicted octanol–water partition coefficient (Wildman–Crippen LogP) is 2.22. The number of fused-ring (bicyclic) bond motifs is 1. The van der Waals surface area contributed by atoms with E-state index in [-0.39, 0.29) is 11.4 Å². The summed E-state index contributed by atoms with van der Waals surface area (Å²) in [6.45, 7) is 3.66. The van der Waals surface area contributed by atoms with E-state index in [2.05, 4.69) is 30.3 Å². The third kappa shape index (κ3) is 4.79. The van der Waals surface area contributed by atoms with Crippen molar-refractivity contribution in [2.24, 2.45) is 0 Å². The number of H-pyrrole nitrogens is 1. The number of aromatic amines is 1. The molecule has 0 spiro atoms. The molecule has 0 amide bonds. The quantitative estimate of drug-likeness (QED) is 0.399. The number of benzene rings is 2. The Kier molecular flexibility index (Phi) is 6.92. The maximum atomic E-state index is 13.4. The molecule has 5 rings (SSSR count). The van der Waals surface area contributed by atoms with E-state index in [1.807, 2.05) is 18.2 Å². The molecule has 4 aromatic rings. The molecule has 11 heteroatoms. The van der Waals surface area contributed by atoms with Crippen LogP contribution in [0.1, 0.15) is 17.4 Å². The highest BCUT2D eigenvalue weighted by molar-refractivity contribution is 5.80. The van der Waals surface area contributed by atoms with E-state index in [4.69, 9.17) is 9.47 Å². The SMILES string of the molecule is COCCn1nnnc1[C@@H](c1cc2ccc(OC)cc2[nH]c1=O)N1CCN(c2ccc(F)cc2)CC1. The number of aromatic nitrogens is 5. The van der Waals surface area contributed by atoms with Crippen LogP contribution in [0.3, 0.4) is 0 Å². The van der Waals surface area contributed by atoms with E-state index in [0.717, 1.165) is 11.1 Å². The van der Waals surface area contributed by atoms with Crippen LogP contribution in [0.5, 0.6) is 5.75 Å². The second kappa shape index (κ2) is 10.4. The summed E-state index contributed by atoms with van der Waals surface area (Å²) < 4.78 is 25.6. The van der Waals surface area contributed by atoms with Gasteiger partial charge < -0.3 is 19.4 Å². The average molecular weight is 494 g/mol. The van der Waals surface area contributed by atoms with Crippen LogP contribution in [-0.4, -0.2) is 77.1 Å². The molecule has 1 N–H and O–H groups in total. The monoisotopic (exact) mass is 493 g/mol. The van der Waals surface area contributed by atoms with Gasteiger partial charge in [-0.15, -0.1) is 5.10 Å². The van der Waals surface area contributed by atoms with E-state index < -0.39 is 6.04 Å². The normalized spacial score (nSPS) is 15.4. The number of anilines is 1. The standard InChI is InChI=1S/C25H28FN7O3/c1-35-14-13-33-24(28-29-30-33)23(21-15-17-3-8-20(36-2)16-22(17)27-25(21)34)32-11-9-31(10-12-32)19-6-4-18(26)5-7-19/h3-8,15-16,23H,9-14H2,1-2H3,(H,27,34)/t23-/m1/s1. The van der Waals surface area contributed by atoms with Crippen LogP contribution in [0.4, 0.5) is 10.1 Å². The van der Waals surface area contributed by atoms with Crippen molar-refractivity contribution in [1.29, 1.82) is 0 Å². The summed E-state index contributed by atoms with van der Waals surface area (Å²) in [7, 11) is 3.22. The molecule has 0 unspecified atom stereocenters. The van der Waals surface area contributed by atoms with Gasteiger partial charge in [0.2, 0.25) is 0 Å². The molecule has 1 aliphatic heterocycles. The Morgan fingerprint density at radius 3 is 2.56 bits per heavy atom. The molecule has 3 heterocycles.